The Morgan fingerprint density at radius 1 is 0.315 bits per heavy atom. The van der Waals surface area contributed by atoms with Crippen LogP contribution in [0, 0.1) is 5.92 Å². The maximum absolute atomic E-state index is 2.41. The van der Waals surface area contributed by atoms with Crippen molar-refractivity contribution in [2.24, 2.45) is 5.92 Å². The molecule has 0 fully saturated rings. The minimum atomic E-state index is 0.295. The van der Waals surface area contributed by atoms with Gasteiger partial charge in [-0.2, -0.15) is 0 Å². The van der Waals surface area contributed by atoms with Crippen molar-refractivity contribution in [2.75, 3.05) is 14.7 Å². The zero-order valence-electron chi connectivity index (χ0n) is 40.7. The van der Waals surface area contributed by atoms with Gasteiger partial charge in [0.15, 0.2) is 0 Å². The molecule has 0 heterocycles. The SMILES string of the molecule is C1=CCC(CC(c2ccccc2)c2ccc(N(c3ccc(-c4ccc(N(c5ccc(N(c6ccccc6)c6ccccc6)cc5)c5cccc6ccccc56)cc4)cc3)c3cccc4ccccc34)cc2)C=C1. The molecule has 0 amide bonds. The van der Waals surface area contributed by atoms with Crippen LogP contribution in [0.3, 0.4) is 0 Å². The van der Waals surface area contributed by atoms with Gasteiger partial charge in [0.1, 0.15) is 0 Å². The van der Waals surface area contributed by atoms with Gasteiger partial charge in [-0.1, -0.05) is 200 Å². The Kier molecular flexibility index (Phi) is 12.7. The lowest BCUT2D eigenvalue weighted by molar-refractivity contribution is 0.550. The summed E-state index contributed by atoms with van der Waals surface area (Å²) < 4.78 is 0. The highest BCUT2D eigenvalue weighted by Crippen LogP contribution is 2.44. The first-order valence-corrected chi connectivity index (χ1v) is 25.5. The third-order valence-electron chi connectivity index (χ3n) is 14.4. The van der Waals surface area contributed by atoms with Crippen molar-refractivity contribution in [1.29, 1.82) is 0 Å². The van der Waals surface area contributed by atoms with Crippen molar-refractivity contribution in [3.05, 3.63) is 308 Å². The van der Waals surface area contributed by atoms with Crippen molar-refractivity contribution in [1.82, 2.24) is 0 Å². The molecule has 0 saturated carbocycles. The zero-order valence-corrected chi connectivity index (χ0v) is 40.7. The van der Waals surface area contributed by atoms with Gasteiger partial charge in [-0.15, -0.1) is 0 Å². The van der Waals surface area contributed by atoms with E-state index < -0.39 is 0 Å². The maximum atomic E-state index is 2.41. The van der Waals surface area contributed by atoms with Crippen LogP contribution in [0.4, 0.5) is 51.2 Å². The third-order valence-corrected chi connectivity index (χ3v) is 14.4. The highest BCUT2D eigenvalue weighted by molar-refractivity contribution is 6.00. The Hall–Kier alpha value is -9.18. The molecule has 1 aliphatic carbocycles. The second-order valence-corrected chi connectivity index (χ2v) is 18.9. The predicted octanol–water partition coefficient (Wildman–Crippen LogP) is 19.7. The fourth-order valence-electron chi connectivity index (χ4n) is 10.7. The summed E-state index contributed by atoms with van der Waals surface area (Å²) in [7, 11) is 0. The van der Waals surface area contributed by atoms with Crippen LogP contribution in [0.15, 0.2) is 297 Å². The molecule has 0 aromatic heterocycles. The Labute approximate surface area is 429 Å². The minimum Gasteiger partial charge on any atom is -0.311 e. The predicted molar refractivity (Wildman–Crippen MR) is 310 cm³/mol. The number of anilines is 9. The Morgan fingerprint density at radius 3 is 1.15 bits per heavy atom. The molecule has 1 aliphatic rings. The van der Waals surface area contributed by atoms with Gasteiger partial charge in [0.05, 0.1) is 11.4 Å². The van der Waals surface area contributed by atoms with Crippen molar-refractivity contribution in [2.45, 2.75) is 18.8 Å². The van der Waals surface area contributed by atoms with Crippen molar-refractivity contribution in [3.63, 3.8) is 0 Å². The number of nitrogens with zero attached hydrogens (tertiary/aromatic N) is 3. The smallest absolute Gasteiger partial charge is 0.0540 e. The van der Waals surface area contributed by atoms with E-state index in [2.05, 4.69) is 312 Å². The molecule has 11 aromatic rings. The summed E-state index contributed by atoms with van der Waals surface area (Å²) in [5.41, 5.74) is 15.0. The number of rotatable bonds is 14. The van der Waals surface area contributed by atoms with E-state index in [0.717, 1.165) is 75.2 Å². The highest BCUT2D eigenvalue weighted by Gasteiger charge is 2.22. The van der Waals surface area contributed by atoms with E-state index in [1.54, 1.807) is 0 Å². The summed E-state index contributed by atoms with van der Waals surface area (Å²) in [4.78, 5) is 7.10. The van der Waals surface area contributed by atoms with E-state index in [4.69, 9.17) is 0 Å². The molecule has 0 spiro atoms. The van der Waals surface area contributed by atoms with Gasteiger partial charge in [-0.3, -0.25) is 0 Å². The van der Waals surface area contributed by atoms with Crippen LogP contribution in [0.25, 0.3) is 32.7 Å². The Morgan fingerprint density at radius 2 is 0.685 bits per heavy atom. The maximum Gasteiger partial charge on any atom is 0.0540 e. The minimum absolute atomic E-state index is 0.295. The molecule has 350 valence electrons. The van der Waals surface area contributed by atoms with Gasteiger partial charge in [-0.25, -0.2) is 0 Å². The van der Waals surface area contributed by atoms with E-state index in [1.807, 2.05) is 0 Å². The lowest BCUT2D eigenvalue weighted by atomic mass is 9.81. The van der Waals surface area contributed by atoms with Crippen LogP contribution >= 0.6 is 0 Å². The van der Waals surface area contributed by atoms with E-state index in [1.165, 1.54) is 32.7 Å². The molecule has 0 bridgehead atoms. The second kappa shape index (κ2) is 20.7. The fraction of sp³-hybridized carbons (Fsp3) is 0.0571. The average Bonchev–Trinajstić information content (AvgIpc) is 3.47. The van der Waals surface area contributed by atoms with Crippen LogP contribution in [0.5, 0.6) is 0 Å². The monoisotopic (exact) mass is 937 g/mol. The molecule has 12 rings (SSSR count). The molecular formula is C70H55N3. The molecule has 0 saturated heterocycles. The van der Waals surface area contributed by atoms with Crippen molar-refractivity contribution >= 4 is 72.7 Å². The van der Waals surface area contributed by atoms with Gasteiger partial charge in [0, 0.05) is 56.5 Å². The molecule has 3 nitrogen and oxygen atoms in total. The first kappa shape index (κ1) is 45.0. The van der Waals surface area contributed by atoms with Crippen LogP contribution in [0.2, 0.25) is 0 Å². The number of hydrogen-bond acceptors (Lipinski definition) is 3. The molecule has 0 N–H and O–H groups in total. The van der Waals surface area contributed by atoms with Crippen LogP contribution in [0.1, 0.15) is 29.9 Å². The number of hydrogen-bond donors (Lipinski definition) is 0. The van der Waals surface area contributed by atoms with Gasteiger partial charge >= 0.3 is 0 Å². The van der Waals surface area contributed by atoms with Gasteiger partial charge in [0.2, 0.25) is 0 Å². The molecular weight excluding hydrogens is 883 g/mol. The van der Waals surface area contributed by atoms with Crippen molar-refractivity contribution in [3.8, 4) is 11.1 Å². The van der Waals surface area contributed by atoms with Gasteiger partial charge < -0.3 is 14.7 Å². The molecule has 2 unspecified atom stereocenters. The molecule has 0 radical (unpaired) electrons. The molecule has 73 heavy (non-hydrogen) atoms. The molecule has 2 atom stereocenters. The summed E-state index contributed by atoms with van der Waals surface area (Å²) in [5, 5.41) is 4.82. The lowest BCUT2D eigenvalue weighted by Gasteiger charge is -2.29. The summed E-state index contributed by atoms with van der Waals surface area (Å²) in [6, 6.07) is 99.1. The summed E-state index contributed by atoms with van der Waals surface area (Å²) in [6.07, 6.45) is 11.2. The first-order valence-electron chi connectivity index (χ1n) is 25.5. The fourth-order valence-corrected chi connectivity index (χ4v) is 10.7. The normalized spacial score (nSPS) is 13.5. The number of allylic oxidation sites excluding steroid dienone is 4. The van der Waals surface area contributed by atoms with Crippen LogP contribution in [-0.2, 0) is 0 Å². The molecule has 11 aromatic carbocycles. The molecule has 3 heteroatoms. The first-order chi connectivity index (χ1) is 36.2. The lowest BCUT2D eigenvalue weighted by Crippen LogP contribution is -2.12. The topological polar surface area (TPSA) is 9.72 Å². The summed E-state index contributed by atoms with van der Waals surface area (Å²) >= 11 is 0. The third kappa shape index (κ3) is 9.45. The number of fused-ring (bicyclic) bond motifs is 2. The standard InChI is InChI=1S/C70H55N3/c1-5-19-52(20-6-1)51-68(57-21-7-2-8-22-57)58-39-45-64(46-40-58)72(69-33-17-25-55-23-13-15-31-66(55)69)62-41-35-53(36-42-62)54-37-43-63(44-38-54)73(70-34-18-26-56-24-14-16-32-67(56)70)65-49-47-61(48-50-65)71(59-27-9-3-10-28-59)60-29-11-4-12-30-60/h1-19,21-50,52,68H,20,51H2. The quantitative estimate of drug-likeness (QED) is 0.108. The number of benzene rings is 11. The van der Waals surface area contributed by atoms with E-state index >= 15 is 0 Å². The van der Waals surface area contributed by atoms with Gasteiger partial charge in [0.25, 0.3) is 0 Å². The average molecular weight is 938 g/mol. The van der Waals surface area contributed by atoms with E-state index in [9.17, 15) is 0 Å². The van der Waals surface area contributed by atoms with Crippen molar-refractivity contribution < 1.29 is 0 Å². The molecule has 0 aliphatic heterocycles. The van der Waals surface area contributed by atoms with Gasteiger partial charge in [-0.05, 0) is 149 Å². The number of para-hydroxylation sites is 2. The largest absolute Gasteiger partial charge is 0.311 e. The Bertz CT molecular complexity index is 3610. The van der Waals surface area contributed by atoms with Crippen LogP contribution < -0.4 is 14.7 Å². The summed E-state index contributed by atoms with van der Waals surface area (Å²) in [5.74, 6) is 0.804. The zero-order chi connectivity index (χ0) is 48.8. The highest BCUT2D eigenvalue weighted by atomic mass is 15.2. The second-order valence-electron chi connectivity index (χ2n) is 18.9. The van der Waals surface area contributed by atoms with Crippen LogP contribution in [-0.4, -0.2) is 0 Å². The Balaban J connectivity index is 0.879. The van der Waals surface area contributed by atoms with E-state index in [-0.39, 0.29) is 0 Å². The van der Waals surface area contributed by atoms with E-state index in [0.29, 0.717) is 11.8 Å². The summed E-state index contributed by atoms with van der Waals surface area (Å²) in [6.45, 7) is 0.